The Labute approximate surface area is 113 Å². The van der Waals surface area contributed by atoms with Crippen molar-refractivity contribution in [3.63, 3.8) is 0 Å². The van der Waals surface area contributed by atoms with Gasteiger partial charge in [0.05, 0.1) is 0 Å². The first-order chi connectivity index (χ1) is 9.08. The summed E-state index contributed by atoms with van der Waals surface area (Å²) in [7, 11) is 0. The van der Waals surface area contributed by atoms with Crippen LogP contribution in [-0.4, -0.2) is 22.9 Å². The number of carbonyl (C=O) groups excluding carboxylic acids is 1. The minimum atomic E-state index is -0.262. The lowest BCUT2D eigenvalue weighted by Crippen LogP contribution is -2.46. The van der Waals surface area contributed by atoms with Crippen molar-refractivity contribution in [1.29, 1.82) is 0 Å². The van der Waals surface area contributed by atoms with E-state index in [1.807, 2.05) is 4.90 Å². The van der Waals surface area contributed by atoms with Gasteiger partial charge in [-0.3, -0.25) is 4.79 Å². The van der Waals surface area contributed by atoms with Gasteiger partial charge < -0.3 is 4.90 Å². The number of hydrogen-bond acceptors (Lipinski definition) is 1. The van der Waals surface area contributed by atoms with Gasteiger partial charge in [-0.1, -0.05) is 12.1 Å². The van der Waals surface area contributed by atoms with Crippen LogP contribution in [0.1, 0.15) is 38.7 Å². The van der Waals surface area contributed by atoms with Crippen molar-refractivity contribution < 1.29 is 9.18 Å². The van der Waals surface area contributed by atoms with E-state index in [9.17, 15) is 9.18 Å². The Bertz CT molecular complexity index is 456. The second kappa shape index (κ2) is 6.00. The molecule has 1 aliphatic heterocycles. The smallest absolute Gasteiger partial charge is 0.247 e. The third kappa shape index (κ3) is 3.43. The van der Waals surface area contributed by atoms with Crippen molar-refractivity contribution in [3.05, 3.63) is 41.7 Å². The number of halogens is 1. The van der Waals surface area contributed by atoms with Gasteiger partial charge in [-0.15, -0.1) is 0 Å². The molecule has 0 spiro atoms. The van der Waals surface area contributed by atoms with Crippen LogP contribution in [0.25, 0.3) is 6.08 Å². The molecular weight excluding hydrogens is 241 g/mol. The van der Waals surface area contributed by atoms with Crippen molar-refractivity contribution in [2.45, 2.75) is 45.2 Å². The average Bonchev–Trinajstić information content (AvgIpc) is 2.38. The Morgan fingerprint density at radius 3 is 2.37 bits per heavy atom. The fourth-order valence-electron chi connectivity index (χ4n) is 2.68. The van der Waals surface area contributed by atoms with E-state index in [2.05, 4.69) is 13.8 Å². The maximum Gasteiger partial charge on any atom is 0.247 e. The van der Waals surface area contributed by atoms with Crippen LogP contribution in [0.5, 0.6) is 0 Å². The van der Waals surface area contributed by atoms with E-state index in [-0.39, 0.29) is 11.7 Å². The van der Waals surface area contributed by atoms with Gasteiger partial charge >= 0.3 is 0 Å². The summed E-state index contributed by atoms with van der Waals surface area (Å²) < 4.78 is 12.8. The highest BCUT2D eigenvalue weighted by molar-refractivity contribution is 5.92. The summed E-state index contributed by atoms with van der Waals surface area (Å²) in [6.07, 6.45) is 6.66. The van der Waals surface area contributed by atoms with Crippen LogP contribution < -0.4 is 0 Å². The molecule has 2 unspecified atom stereocenters. The summed E-state index contributed by atoms with van der Waals surface area (Å²) in [5.41, 5.74) is 0.840. The minimum Gasteiger partial charge on any atom is -0.334 e. The average molecular weight is 261 g/mol. The molecule has 1 heterocycles. The van der Waals surface area contributed by atoms with Crippen LogP contribution in [0.3, 0.4) is 0 Å². The van der Waals surface area contributed by atoms with Crippen molar-refractivity contribution in [3.8, 4) is 0 Å². The molecule has 0 bridgehead atoms. The summed E-state index contributed by atoms with van der Waals surface area (Å²) in [6.45, 7) is 4.19. The third-order valence-electron chi connectivity index (χ3n) is 3.74. The molecule has 2 atom stereocenters. The molecule has 0 radical (unpaired) electrons. The first-order valence-corrected chi connectivity index (χ1v) is 6.84. The van der Waals surface area contributed by atoms with E-state index in [1.54, 1.807) is 24.3 Å². The molecule has 102 valence electrons. The monoisotopic (exact) mass is 261 g/mol. The van der Waals surface area contributed by atoms with Crippen LogP contribution in [0.15, 0.2) is 30.3 Å². The number of hydrogen-bond donors (Lipinski definition) is 0. The molecule has 0 aliphatic carbocycles. The Morgan fingerprint density at radius 1 is 1.21 bits per heavy atom. The molecule has 1 fully saturated rings. The lowest BCUT2D eigenvalue weighted by molar-refractivity contribution is -0.131. The number of amides is 1. The first-order valence-electron chi connectivity index (χ1n) is 6.84. The number of nitrogens with zero attached hydrogens (tertiary/aromatic N) is 1. The number of benzene rings is 1. The highest BCUT2D eigenvalue weighted by atomic mass is 19.1. The number of likely N-dealkylation sites (tertiary alicyclic amines) is 1. The van der Waals surface area contributed by atoms with Crippen LogP contribution in [0.2, 0.25) is 0 Å². The minimum absolute atomic E-state index is 0.0454. The van der Waals surface area contributed by atoms with Gasteiger partial charge in [0.1, 0.15) is 5.82 Å². The Kier molecular flexibility index (Phi) is 4.35. The predicted molar refractivity (Wildman–Crippen MR) is 75.1 cm³/mol. The van der Waals surface area contributed by atoms with E-state index in [4.69, 9.17) is 0 Å². The molecule has 19 heavy (non-hydrogen) atoms. The molecule has 1 aromatic rings. The zero-order valence-electron chi connectivity index (χ0n) is 11.5. The van der Waals surface area contributed by atoms with Gasteiger partial charge in [-0.2, -0.15) is 0 Å². The van der Waals surface area contributed by atoms with Crippen molar-refractivity contribution in [2.24, 2.45) is 0 Å². The van der Waals surface area contributed by atoms with E-state index in [0.29, 0.717) is 12.1 Å². The highest BCUT2D eigenvalue weighted by Gasteiger charge is 2.27. The van der Waals surface area contributed by atoms with Gasteiger partial charge in [0.2, 0.25) is 5.91 Å². The lowest BCUT2D eigenvalue weighted by Gasteiger charge is -2.38. The van der Waals surface area contributed by atoms with E-state index < -0.39 is 0 Å². The van der Waals surface area contributed by atoms with Crippen LogP contribution in [0, 0.1) is 5.82 Å². The van der Waals surface area contributed by atoms with Gasteiger partial charge in [0, 0.05) is 18.2 Å². The summed E-state index contributed by atoms with van der Waals surface area (Å²) in [6, 6.07) is 6.74. The topological polar surface area (TPSA) is 20.3 Å². The summed E-state index contributed by atoms with van der Waals surface area (Å²) >= 11 is 0. The van der Waals surface area contributed by atoms with Crippen molar-refractivity contribution >= 4 is 12.0 Å². The molecule has 1 aliphatic rings. The van der Waals surface area contributed by atoms with Crippen LogP contribution in [0.4, 0.5) is 4.39 Å². The lowest BCUT2D eigenvalue weighted by atomic mass is 9.97. The molecule has 1 aromatic carbocycles. The Hall–Kier alpha value is -1.64. The molecule has 0 aromatic heterocycles. The number of carbonyl (C=O) groups is 1. The molecule has 2 rings (SSSR count). The predicted octanol–water partition coefficient (Wildman–Crippen LogP) is 3.63. The summed E-state index contributed by atoms with van der Waals surface area (Å²) in [5.74, 6) is -0.217. The second-order valence-electron chi connectivity index (χ2n) is 5.26. The molecule has 2 nitrogen and oxygen atoms in total. The quantitative estimate of drug-likeness (QED) is 0.744. The van der Waals surface area contributed by atoms with Gasteiger partial charge in [0.15, 0.2) is 0 Å². The van der Waals surface area contributed by atoms with Crippen molar-refractivity contribution in [2.75, 3.05) is 0 Å². The molecule has 1 saturated heterocycles. The summed E-state index contributed by atoms with van der Waals surface area (Å²) in [5, 5.41) is 0. The SMILES string of the molecule is CC1CCCC(C)N1C(=O)/C=C/c1ccc(F)cc1. The molecule has 0 N–H and O–H groups in total. The zero-order valence-corrected chi connectivity index (χ0v) is 11.5. The van der Waals surface area contributed by atoms with E-state index in [0.717, 1.165) is 18.4 Å². The zero-order chi connectivity index (χ0) is 13.8. The standard InChI is InChI=1S/C16H20FNO/c1-12-4-3-5-13(2)18(12)16(19)11-8-14-6-9-15(17)10-7-14/h6-13H,3-5H2,1-2H3/b11-8+. The maximum atomic E-state index is 12.8. The largest absolute Gasteiger partial charge is 0.334 e. The molecular formula is C16H20FNO. The first kappa shape index (κ1) is 13.8. The molecule has 1 amide bonds. The number of rotatable bonds is 2. The Morgan fingerprint density at radius 2 is 1.79 bits per heavy atom. The van der Waals surface area contributed by atoms with Gasteiger partial charge in [0.25, 0.3) is 0 Å². The van der Waals surface area contributed by atoms with E-state index in [1.165, 1.54) is 18.6 Å². The summed E-state index contributed by atoms with van der Waals surface area (Å²) in [4.78, 5) is 14.2. The molecule has 3 heteroatoms. The molecule has 0 saturated carbocycles. The van der Waals surface area contributed by atoms with E-state index >= 15 is 0 Å². The highest BCUT2D eigenvalue weighted by Crippen LogP contribution is 2.22. The second-order valence-corrected chi connectivity index (χ2v) is 5.26. The van der Waals surface area contributed by atoms with Gasteiger partial charge in [-0.05, 0) is 56.9 Å². The third-order valence-corrected chi connectivity index (χ3v) is 3.74. The number of piperidine rings is 1. The normalized spacial score (nSPS) is 23.8. The fourth-order valence-corrected chi connectivity index (χ4v) is 2.68. The Balaban J connectivity index is 2.05. The maximum absolute atomic E-state index is 12.8. The van der Waals surface area contributed by atoms with Gasteiger partial charge in [-0.25, -0.2) is 4.39 Å². The van der Waals surface area contributed by atoms with Crippen LogP contribution >= 0.6 is 0 Å². The fraction of sp³-hybridized carbons (Fsp3) is 0.438. The van der Waals surface area contributed by atoms with Crippen molar-refractivity contribution in [1.82, 2.24) is 4.90 Å². The van der Waals surface area contributed by atoms with Crippen LogP contribution in [-0.2, 0) is 4.79 Å².